The first-order valence-electron chi connectivity index (χ1n) is 4.80. The van der Waals surface area contributed by atoms with Gasteiger partial charge in [0.25, 0.3) is 0 Å². The van der Waals surface area contributed by atoms with Gasteiger partial charge in [0.2, 0.25) is 6.41 Å². The van der Waals surface area contributed by atoms with Gasteiger partial charge in [-0.25, -0.2) is 0 Å². The van der Waals surface area contributed by atoms with Crippen LogP contribution in [0.4, 0.5) is 0 Å². The highest BCUT2D eigenvalue weighted by molar-refractivity contribution is 5.48. The smallest absolute Gasteiger partial charge is 0.210 e. The van der Waals surface area contributed by atoms with Crippen LogP contribution in [-0.4, -0.2) is 16.8 Å². The molecule has 14 heavy (non-hydrogen) atoms. The predicted octanol–water partition coefficient (Wildman–Crippen LogP) is 2.44. The van der Waals surface area contributed by atoms with Crippen LogP contribution in [0.15, 0.2) is 30.3 Å². The maximum absolute atomic E-state index is 10.9. The third-order valence-corrected chi connectivity index (χ3v) is 2.18. The molecule has 0 aliphatic rings. The van der Waals surface area contributed by atoms with E-state index in [1.165, 1.54) is 0 Å². The summed E-state index contributed by atoms with van der Waals surface area (Å²) in [5, 5.41) is 0. The molecule has 0 aromatic heterocycles. The second kappa shape index (κ2) is 4.27. The van der Waals surface area contributed by atoms with E-state index in [1.54, 1.807) is 4.90 Å². The summed E-state index contributed by atoms with van der Waals surface area (Å²) < 4.78 is 0. The van der Waals surface area contributed by atoms with E-state index in [9.17, 15) is 4.79 Å². The standard InChI is InChI=1S/C12H17NO/c1-12(2,3)13(10-14)9-11-7-5-4-6-8-11/h4-8,10H,9H2,1-3H3. The fraction of sp³-hybridized carbons (Fsp3) is 0.417. The highest BCUT2D eigenvalue weighted by atomic mass is 16.1. The Hall–Kier alpha value is -1.31. The minimum atomic E-state index is -0.114. The molecule has 0 N–H and O–H groups in total. The molecule has 0 spiro atoms. The molecule has 0 saturated carbocycles. The van der Waals surface area contributed by atoms with Crippen LogP contribution in [-0.2, 0) is 11.3 Å². The maximum Gasteiger partial charge on any atom is 0.210 e. The van der Waals surface area contributed by atoms with Crippen molar-refractivity contribution in [1.29, 1.82) is 0 Å². The second-order valence-corrected chi connectivity index (χ2v) is 4.39. The minimum absolute atomic E-state index is 0.114. The number of rotatable bonds is 3. The minimum Gasteiger partial charge on any atom is -0.336 e. The van der Waals surface area contributed by atoms with Gasteiger partial charge in [-0.15, -0.1) is 0 Å². The van der Waals surface area contributed by atoms with Crippen LogP contribution in [0, 0.1) is 0 Å². The molecule has 0 aliphatic heterocycles. The van der Waals surface area contributed by atoms with Gasteiger partial charge in [0, 0.05) is 12.1 Å². The summed E-state index contributed by atoms with van der Waals surface area (Å²) in [5.74, 6) is 0. The van der Waals surface area contributed by atoms with Crippen molar-refractivity contribution >= 4 is 6.41 Å². The lowest BCUT2D eigenvalue weighted by atomic mass is 10.1. The zero-order valence-corrected chi connectivity index (χ0v) is 9.03. The van der Waals surface area contributed by atoms with Crippen LogP contribution in [0.3, 0.4) is 0 Å². The molecule has 0 bridgehead atoms. The number of amides is 1. The van der Waals surface area contributed by atoms with Crippen molar-refractivity contribution in [1.82, 2.24) is 4.90 Å². The first-order chi connectivity index (χ1) is 6.54. The van der Waals surface area contributed by atoms with E-state index in [-0.39, 0.29) is 5.54 Å². The van der Waals surface area contributed by atoms with Gasteiger partial charge < -0.3 is 4.90 Å². The number of benzene rings is 1. The van der Waals surface area contributed by atoms with E-state index in [2.05, 4.69) is 0 Å². The molecule has 0 atom stereocenters. The number of hydrogen-bond donors (Lipinski definition) is 0. The van der Waals surface area contributed by atoms with Crippen molar-refractivity contribution in [2.75, 3.05) is 0 Å². The van der Waals surface area contributed by atoms with Gasteiger partial charge in [-0.1, -0.05) is 30.3 Å². The summed E-state index contributed by atoms with van der Waals surface area (Å²) in [5.41, 5.74) is 1.05. The van der Waals surface area contributed by atoms with Crippen LogP contribution < -0.4 is 0 Å². The lowest BCUT2D eigenvalue weighted by molar-refractivity contribution is -0.123. The summed E-state index contributed by atoms with van der Waals surface area (Å²) in [6.07, 6.45) is 0.910. The Balaban J connectivity index is 2.72. The van der Waals surface area contributed by atoms with E-state index in [0.29, 0.717) is 6.54 Å². The third-order valence-electron chi connectivity index (χ3n) is 2.18. The van der Waals surface area contributed by atoms with Crippen molar-refractivity contribution < 1.29 is 4.79 Å². The molecule has 2 nitrogen and oxygen atoms in total. The van der Waals surface area contributed by atoms with Gasteiger partial charge in [-0.05, 0) is 26.3 Å². The monoisotopic (exact) mass is 191 g/mol. The summed E-state index contributed by atoms with van der Waals surface area (Å²) in [6.45, 7) is 6.77. The van der Waals surface area contributed by atoms with Crippen molar-refractivity contribution in [3.05, 3.63) is 35.9 Å². The number of carbonyl (C=O) groups is 1. The van der Waals surface area contributed by atoms with Crippen LogP contribution in [0.2, 0.25) is 0 Å². The average Bonchev–Trinajstić information content (AvgIpc) is 2.14. The molecule has 1 aromatic carbocycles. The molecule has 2 heteroatoms. The molecule has 0 fully saturated rings. The Labute approximate surface area is 85.5 Å². The van der Waals surface area contributed by atoms with Crippen molar-refractivity contribution in [2.45, 2.75) is 32.9 Å². The van der Waals surface area contributed by atoms with Crippen LogP contribution in [0.1, 0.15) is 26.3 Å². The lowest BCUT2D eigenvalue weighted by Crippen LogP contribution is -2.39. The Bertz CT molecular complexity index is 287. The highest BCUT2D eigenvalue weighted by Gasteiger charge is 2.18. The van der Waals surface area contributed by atoms with Gasteiger partial charge in [0.1, 0.15) is 0 Å². The Morgan fingerprint density at radius 3 is 2.21 bits per heavy atom. The van der Waals surface area contributed by atoms with Gasteiger partial charge in [0.15, 0.2) is 0 Å². The van der Waals surface area contributed by atoms with E-state index in [1.807, 2.05) is 51.1 Å². The van der Waals surface area contributed by atoms with Crippen molar-refractivity contribution in [3.8, 4) is 0 Å². The number of nitrogens with zero attached hydrogens (tertiary/aromatic N) is 1. The quantitative estimate of drug-likeness (QED) is 0.672. The molecule has 1 amide bonds. The first-order valence-corrected chi connectivity index (χ1v) is 4.80. The summed E-state index contributed by atoms with van der Waals surface area (Å²) in [4.78, 5) is 12.7. The molecule has 0 heterocycles. The van der Waals surface area contributed by atoms with Crippen LogP contribution in [0.25, 0.3) is 0 Å². The molecular formula is C12H17NO. The molecule has 0 aliphatic carbocycles. The maximum atomic E-state index is 10.9. The van der Waals surface area contributed by atoms with E-state index >= 15 is 0 Å². The molecule has 0 saturated heterocycles. The van der Waals surface area contributed by atoms with Crippen molar-refractivity contribution in [2.24, 2.45) is 0 Å². The van der Waals surface area contributed by atoms with Crippen LogP contribution >= 0.6 is 0 Å². The average molecular weight is 191 g/mol. The van der Waals surface area contributed by atoms with E-state index in [0.717, 1.165) is 12.0 Å². The number of hydrogen-bond acceptors (Lipinski definition) is 1. The third kappa shape index (κ3) is 2.87. The normalized spacial score (nSPS) is 11.1. The predicted molar refractivity (Wildman–Crippen MR) is 57.8 cm³/mol. The Morgan fingerprint density at radius 1 is 1.21 bits per heavy atom. The zero-order valence-electron chi connectivity index (χ0n) is 9.03. The van der Waals surface area contributed by atoms with Gasteiger partial charge in [0.05, 0.1) is 0 Å². The van der Waals surface area contributed by atoms with E-state index < -0.39 is 0 Å². The fourth-order valence-corrected chi connectivity index (χ4v) is 1.21. The largest absolute Gasteiger partial charge is 0.336 e. The summed E-state index contributed by atoms with van der Waals surface area (Å²) in [6, 6.07) is 10.0. The SMILES string of the molecule is CC(C)(C)N(C=O)Cc1ccccc1. The lowest BCUT2D eigenvalue weighted by Gasteiger charge is -2.32. The zero-order chi connectivity index (χ0) is 10.6. The molecule has 1 aromatic rings. The number of carbonyl (C=O) groups excluding carboxylic acids is 1. The molecule has 0 radical (unpaired) electrons. The van der Waals surface area contributed by atoms with Crippen molar-refractivity contribution in [3.63, 3.8) is 0 Å². The highest BCUT2D eigenvalue weighted by Crippen LogP contribution is 2.14. The molecular weight excluding hydrogens is 174 g/mol. The van der Waals surface area contributed by atoms with Crippen LogP contribution in [0.5, 0.6) is 0 Å². The van der Waals surface area contributed by atoms with Gasteiger partial charge >= 0.3 is 0 Å². The summed E-state index contributed by atoms with van der Waals surface area (Å²) >= 11 is 0. The Kier molecular flexibility index (Phi) is 3.28. The first kappa shape index (κ1) is 10.8. The molecule has 76 valence electrons. The van der Waals surface area contributed by atoms with Gasteiger partial charge in [-0.3, -0.25) is 4.79 Å². The fourth-order valence-electron chi connectivity index (χ4n) is 1.21. The Morgan fingerprint density at radius 2 is 1.79 bits per heavy atom. The summed E-state index contributed by atoms with van der Waals surface area (Å²) in [7, 11) is 0. The van der Waals surface area contributed by atoms with Gasteiger partial charge in [-0.2, -0.15) is 0 Å². The molecule has 1 rings (SSSR count). The molecule has 0 unspecified atom stereocenters. The second-order valence-electron chi connectivity index (χ2n) is 4.39. The topological polar surface area (TPSA) is 20.3 Å². The van der Waals surface area contributed by atoms with E-state index in [4.69, 9.17) is 0 Å².